The lowest BCUT2D eigenvalue weighted by Gasteiger charge is -2.20. The van der Waals surface area contributed by atoms with Gasteiger partial charge in [0.25, 0.3) is 0 Å². The molecule has 1 N–H and O–H groups in total. The van der Waals surface area contributed by atoms with E-state index in [0.717, 1.165) is 31.2 Å². The number of halogens is 1. The molecule has 1 rings (SSSR count). The molecule has 0 saturated carbocycles. The minimum Gasteiger partial charge on any atom is -0.367 e. The molecule has 0 aliphatic rings. The molecule has 0 aliphatic heterocycles. The van der Waals surface area contributed by atoms with Crippen LogP contribution in [0.4, 0.5) is 5.82 Å². The van der Waals surface area contributed by atoms with Gasteiger partial charge in [0.05, 0.1) is 11.7 Å². The molecule has 1 aromatic rings. The summed E-state index contributed by atoms with van der Waals surface area (Å²) in [6.07, 6.45) is 1.07. The fourth-order valence-electron chi connectivity index (χ4n) is 1.08. The highest BCUT2D eigenvalue weighted by atomic mass is 35.5. The van der Waals surface area contributed by atoms with Crippen LogP contribution in [0.5, 0.6) is 0 Å². The van der Waals surface area contributed by atoms with E-state index in [4.69, 9.17) is 11.6 Å². The van der Waals surface area contributed by atoms with Gasteiger partial charge in [-0.2, -0.15) is 8.75 Å². The standard InChI is InChI=1S/C9H17ClN4S/c1-7(2)14(3)6-4-5-11-9-8(10)12-15-13-9/h7H,4-6H2,1-3H3,(H,11,13). The SMILES string of the molecule is CC(C)N(C)CCCNc1nsnc1Cl. The Kier molecular flexibility index (Phi) is 5.28. The summed E-state index contributed by atoms with van der Waals surface area (Å²) < 4.78 is 7.92. The van der Waals surface area contributed by atoms with Crippen molar-refractivity contribution >= 4 is 29.1 Å². The Labute approximate surface area is 100.0 Å². The van der Waals surface area contributed by atoms with Crippen LogP contribution in [0, 0.1) is 0 Å². The summed E-state index contributed by atoms with van der Waals surface area (Å²) in [5.74, 6) is 0.703. The highest BCUT2D eigenvalue weighted by molar-refractivity contribution is 6.99. The van der Waals surface area contributed by atoms with E-state index in [2.05, 4.69) is 39.9 Å². The second-order valence-electron chi connectivity index (χ2n) is 3.76. The predicted molar refractivity (Wildman–Crippen MR) is 65.8 cm³/mol. The first-order valence-corrected chi connectivity index (χ1v) is 6.14. The molecule has 0 aliphatic carbocycles. The summed E-state index contributed by atoms with van der Waals surface area (Å²) >= 11 is 6.93. The molecule has 0 spiro atoms. The van der Waals surface area contributed by atoms with Crippen molar-refractivity contribution in [3.8, 4) is 0 Å². The summed E-state index contributed by atoms with van der Waals surface area (Å²) in [6, 6.07) is 0.592. The molecule has 0 amide bonds. The van der Waals surface area contributed by atoms with Gasteiger partial charge in [-0.25, -0.2) is 0 Å². The van der Waals surface area contributed by atoms with Gasteiger partial charge in [0.15, 0.2) is 11.0 Å². The molecule has 6 heteroatoms. The van der Waals surface area contributed by atoms with E-state index in [9.17, 15) is 0 Å². The number of anilines is 1. The van der Waals surface area contributed by atoms with Crippen LogP contribution in [0.2, 0.25) is 5.15 Å². The van der Waals surface area contributed by atoms with E-state index in [0.29, 0.717) is 17.0 Å². The van der Waals surface area contributed by atoms with Gasteiger partial charge in [0.1, 0.15) is 0 Å². The van der Waals surface area contributed by atoms with Gasteiger partial charge >= 0.3 is 0 Å². The maximum atomic E-state index is 5.80. The van der Waals surface area contributed by atoms with E-state index in [-0.39, 0.29) is 0 Å². The molecule has 4 nitrogen and oxygen atoms in total. The van der Waals surface area contributed by atoms with E-state index in [1.165, 1.54) is 0 Å². The lowest BCUT2D eigenvalue weighted by molar-refractivity contribution is 0.273. The van der Waals surface area contributed by atoms with Crippen LogP contribution in [0.25, 0.3) is 0 Å². The quantitative estimate of drug-likeness (QED) is 0.785. The second kappa shape index (κ2) is 6.25. The summed E-state index contributed by atoms with van der Waals surface area (Å²) in [4.78, 5) is 2.31. The average Bonchev–Trinajstić information content (AvgIpc) is 2.58. The summed E-state index contributed by atoms with van der Waals surface area (Å²) in [5, 5.41) is 3.64. The van der Waals surface area contributed by atoms with Crippen LogP contribution in [0.1, 0.15) is 20.3 Å². The molecule has 0 radical (unpaired) electrons. The normalized spacial score (nSPS) is 11.3. The van der Waals surface area contributed by atoms with Gasteiger partial charge in [-0.3, -0.25) is 0 Å². The molecule has 0 saturated heterocycles. The fourth-order valence-corrected chi connectivity index (χ4v) is 1.76. The van der Waals surface area contributed by atoms with Crippen LogP contribution in [0.3, 0.4) is 0 Å². The van der Waals surface area contributed by atoms with Crippen molar-refractivity contribution in [1.29, 1.82) is 0 Å². The van der Waals surface area contributed by atoms with Gasteiger partial charge in [-0.05, 0) is 33.9 Å². The topological polar surface area (TPSA) is 41.0 Å². The zero-order valence-electron chi connectivity index (χ0n) is 9.33. The highest BCUT2D eigenvalue weighted by Gasteiger charge is 2.05. The molecule has 0 unspecified atom stereocenters. The van der Waals surface area contributed by atoms with Crippen molar-refractivity contribution < 1.29 is 0 Å². The minimum absolute atomic E-state index is 0.470. The fraction of sp³-hybridized carbons (Fsp3) is 0.778. The zero-order valence-corrected chi connectivity index (χ0v) is 10.9. The summed E-state index contributed by atoms with van der Waals surface area (Å²) in [7, 11) is 2.13. The van der Waals surface area contributed by atoms with Crippen molar-refractivity contribution in [3.05, 3.63) is 5.15 Å². The Balaban J connectivity index is 2.15. The van der Waals surface area contributed by atoms with Crippen molar-refractivity contribution in [2.45, 2.75) is 26.3 Å². The first kappa shape index (κ1) is 12.7. The molecule has 1 aromatic heterocycles. The largest absolute Gasteiger partial charge is 0.367 e. The maximum absolute atomic E-state index is 5.80. The number of hydrogen-bond acceptors (Lipinski definition) is 5. The van der Waals surface area contributed by atoms with Gasteiger partial charge in [0.2, 0.25) is 0 Å². The Morgan fingerprint density at radius 2 is 2.20 bits per heavy atom. The number of hydrogen-bond donors (Lipinski definition) is 1. The zero-order chi connectivity index (χ0) is 11.3. The van der Waals surface area contributed by atoms with E-state index in [1.54, 1.807) is 0 Å². The predicted octanol–water partition coefficient (Wildman–Crippen LogP) is 2.33. The van der Waals surface area contributed by atoms with Crippen LogP contribution in [0.15, 0.2) is 0 Å². The molecule has 0 aromatic carbocycles. The van der Waals surface area contributed by atoms with Crippen molar-refractivity contribution in [2.75, 3.05) is 25.5 Å². The minimum atomic E-state index is 0.470. The van der Waals surface area contributed by atoms with Crippen LogP contribution < -0.4 is 5.32 Å². The van der Waals surface area contributed by atoms with Gasteiger partial charge < -0.3 is 10.2 Å². The molecule has 0 fully saturated rings. The molecular weight excluding hydrogens is 232 g/mol. The first-order valence-electron chi connectivity index (χ1n) is 5.03. The highest BCUT2D eigenvalue weighted by Crippen LogP contribution is 2.17. The Morgan fingerprint density at radius 3 is 2.73 bits per heavy atom. The van der Waals surface area contributed by atoms with Crippen molar-refractivity contribution in [3.63, 3.8) is 0 Å². The third-order valence-electron chi connectivity index (χ3n) is 2.31. The first-order chi connectivity index (χ1) is 7.11. The molecule has 0 atom stereocenters. The molecule has 0 bridgehead atoms. The summed E-state index contributed by atoms with van der Waals surface area (Å²) in [5.41, 5.74) is 0. The number of nitrogens with zero attached hydrogens (tertiary/aromatic N) is 3. The molecular formula is C9H17ClN4S. The van der Waals surface area contributed by atoms with E-state index < -0.39 is 0 Å². The van der Waals surface area contributed by atoms with Crippen molar-refractivity contribution in [2.24, 2.45) is 0 Å². The van der Waals surface area contributed by atoms with Gasteiger partial charge in [0, 0.05) is 12.6 Å². The lowest BCUT2D eigenvalue weighted by atomic mass is 10.3. The van der Waals surface area contributed by atoms with Gasteiger partial charge in [-0.1, -0.05) is 11.6 Å². The van der Waals surface area contributed by atoms with Crippen molar-refractivity contribution in [1.82, 2.24) is 13.6 Å². The van der Waals surface area contributed by atoms with E-state index >= 15 is 0 Å². The average molecular weight is 249 g/mol. The number of rotatable bonds is 6. The Morgan fingerprint density at radius 1 is 1.47 bits per heavy atom. The van der Waals surface area contributed by atoms with Crippen LogP contribution in [-0.2, 0) is 0 Å². The summed E-state index contributed by atoms with van der Waals surface area (Å²) in [6.45, 7) is 6.32. The monoisotopic (exact) mass is 248 g/mol. The lowest BCUT2D eigenvalue weighted by Crippen LogP contribution is -2.28. The third kappa shape index (κ3) is 4.32. The Hall–Kier alpha value is -0.390. The third-order valence-corrected chi connectivity index (χ3v) is 3.20. The maximum Gasteiger partial charge on any atom is 0.186 e. The van der Waals surface area contributed by atoms with Gasteiger partial charge in [-0.15, -0.1) is 0 Å². The van der Waals surface area contributed by atoms with Crippen LogP contribution >= 0.6 is 23.3 Å². The van der Waals surface area contributed by atoms with Crippen LogP contribution in [-0.4, -0.2) is 39.8 Å². The molecule has 86 valence electrons. The number of nitrogens with one attached hydrogen (secondary N) is 1. The molecule has 15 heavy (non-hydrogen) atoms. The smallest absolute Gasteiger partial charge is 0.186 e. The number of aromatic nitrogens is 2. The second-order valence-corrected chi connectivity index (χ2v) is 4.64. The molecule has 1 heterocycles. The van der Waals surface area contributed by atoms with E-state index in [1.807, 2.05) is 0 Å². The Bertz CT molecular complexity index is 289.